The molecule has 0 spiro atoms. The largest absolute Gasteiger partial charge is 0.369 e. The van der Waals surface area contributed by atoms with E-state index in [0.29, 0.717) is 0 Å². The second-order valence-corrected chi connectivity index (χ2v) is 6.64. The topological polar surface area (TPSA) is 6.48 Å². The minimum Gasteiger partial charge on any atom is -0.369 e. The highest BCUT2D eigenvalue weighted by molar-refractivity contribution is 9.10. The van der Waals surface area contributed by atoms with Crippen LogP contribution in [0.15, 0.2) is 53.0 Å². The predicted molar refractivity (Wildman–Crippen MR) is 92.8 cm³/mol. The summed E-state index contributed by atoms with van der Waals surface area (Å²) in [5.41, 5.74) is 4.09. The summed E-state index contributed by atoms with van der Waals surface area (Å²) in [5, 5.41) is 0. The van der Waals surface area contributed by atoms with Gasteiger partial charge in [-0.15, -0.1) is 0 Å². The fraction of sp³-hybridized carbons (Fsp3) is 0.333. The van der Waals surface area contributed by atoms with Crippen molar-refractivity contribution in [3.05, 3.63) is 64.1 Å². The highest BCUT2D eigenvalue weighted by Crippen LogP contribution is 2.19. The second kappa shape index (κ2) is 6.63. The normalized spacial score (nSPS) is 16.2. The Kier molecular flexibility index (Phi) is 4.61. The van der Waals surface area contributed by atoms with E-state index < -0.39 is 0 Å². The molecule has 0 saturated carbocycles. The van der Waals surface area contributed by atoms with Crippen LogP contribution in [0, 0.1) is 6.92 Å². The van der Waals surface area contributed by atoms with Gasteiger partial charge in [0.2, 0.25) is 0 Å². The molecule has 21 heavy (non-hydrogen) atoms. The van der Waals surface area contributed by atoms with Gasteiger partial charge in [-0.3, -0.25) is 4.90 Å². The smallest absolute Gasteiger partial charge is 0.0369 e. The minimum absolute atomic E-state index is 1.05. The number of piperazine rings is 1. The zero-order valence-electron chi connectivity index (χ0n) is 12.4. The summed E-state index contributed by atoms with van der Waals surface area (Å²) in [5.74, 6) is 0. The Morgan fingerprint density at radius 3 is 2.33 bits per heavy atom. The number of hydrogen-bond acceptors (Lipinski definition) is 2. The number of aryl methyl sites for hydroxylation is 1. The van der Waals surface area contributed by atoms with Crippen molar-refractivity contribution in [1.29, 1.82) is 0 Å². The van der Waals surface area contributed by atoms with Gasteiger partial charge in [0.1, 0.15) is 0 Å². The van der Waals surface area contributed by atoms with E-state index in [-0.39, 0.29) is 0 Å². The second-order valence-electron chi connectivity index (χ2n) is 5.73. The molecule has 2 nitrogen and oxygen atoms in total. The Morgan fingerprint density at radius 2 is 1.67 bits per heavy atom. The molecule has 2 aromatic carbocycles. The van der Waals surface area contributed by atoms with Crippen LogP contribution in [0.4, 0.5) is 5.69 Å². The fourth-order valence-electron chi connectivity index (χ4n) is 2.84. The SMILES string of the molecule is Cc1cccc(N2CCN(Cc3ccc(Br)cc3)CC2)c1. The van der Waals surface area contributed by atoms with Crippen LogP contribution in [0.1, 0.15) is 11.1 Å². The molecular formula is C18H21BrN2. The summed E-state index contributed by atoms with van der Waals surface area (Å²) in [4.78, 5) is 5.03. The van der Waals surface area contributed by atoms with E-state index in [1.54, 1.807) is 0 Å². The fourth-order valence-corrected chi connectivity index (χ4v) is 3.10. The third kappa shape index (κ3) is 3.86. The molecule has 2 aromatic rings. The molecule has 0 aromatic heterocycles. The highest BCUT2D eigenvalue weighted by atomic mass is 79.9. The van der Waals surface area contributed by atoms with E-state index in [0.717, 1.165) is 37.2 Å². The molecule has 3 heteroatoms. The van der Waals surface area contributed by atoms with Crippen LogP contribution < -0.4 is 4.90 Å². The Hall–Kier alpha value is -1.32. The molecule has 1 saturated heterocycles. The number of benzene rings is 2. The third-order valence-corrected chi connectivity index (χ3v) is 4.59. The lowest BCUT2D eigenvalue weighted by atomic mass is 10.1. The average molecular weight is 345 g/mol. The van der Waals surface area contributed by atoms with Gasteiger partial charge in [0.05, 0.1) is 0 Å². The van der Waals surface area contributed by atoms with Gasteiger partial charge in [-0.25, -0.2) is 0 Å². The first-order chi connectivity index (χ1) is 10.2. The van der Waals surface area contributed by atoms with Crippen LogP contribution in [0.2, 0.25) is 0 Å². The Morgan fingerprint density at radius 1 is 0.952 bits per heavy atom. The van der Waals surface area contributed by atoms with E-state index in [9.17, 15) is 0 Å². The molecule has 1 fully saturated rings. The van der Waals surface area contributed by atoms with Gasteiger partial charge >= 0.3 is 0 Å². The summed E-state index contributed by atoms with van der Waals surface area (Å²) in [6, 6.07) is 17.5. The van der Waals surface area contributed by atoms with Crippen molar-refractivity contribution in [3.8, 4) is 0 Å². The maximum absolute atomic E-state index is 3.49. The van der Waals surface area contributed by atoms with Crippen LogP contribution in [-0.4, -0.2) is 31.1 Å². The van der Waals surface area contributed by atoms with E-state index in [1.807, 2.05) is 0 Å². The Balaban J connectivity index is 1.56. The lowest BCUT2D eigenvalue weighted by molar-refractivity contribution is 0.250. The van der Waals surface area contributed by atoms with Crippen molar-refractivity contribution < 1.29 is 0 Å². The first kappa shape index (κ1) is 14.6. The summed E-state index contributed by atoms with van der Waals surface area (Å²) >= 11 is 3.49. The zero-order valence-corrected chi connectivity index (χ0v) is 14.0. The van der Waals surface area contributed by atoms with E-state index in [2.05, 4.69) is 81.2 Å². The molecule has 1 aliphatic heterocycles. The van der Waals surface area contributed by atoms with Crippen molar-refractivity contribution >= 4 is 21.6 Å². The first-order valence-corrected chi connectivity index (χ1v) is 8.28. The average Bonchev–Trinajstić information content (AvgIpc) is 2.50. The van der Waals surface area contributed by atoms with Crippen molar-refractivity contribution in [1.82, 2.24) is 4.90 Å². The van der Waals surface area contributed by atoms with Crippen LogP contribution >= 0.6 is 15.9 Å². The maximum Gasteiger partial charge on any atom is 0.0369 e. The summed E-state index contributed by atoms with van der Waals surface area (Å²) in [7, 11) is 0. The molecule has 0 bridgehead atoms. The van der Waals surface area contributed by atoms with E-state index >= 15 is 0 Å². The number of hydrogen-bond donors (Lipinski definition) is 0. The molecule has 0 amide bonds. The standard InChI is InChI=1S/C18H21BrN2/c1-15-3-2-4-18(13-15)21-11-9-20(10-12-21)14-16-5-7-17(19)8-6-16/h2-8,13H,9-12,14H2,1H3. The van der Waals surface area contributed by atoms with Gasteiger partial charge in [0.25, 0.3) is 0 Å². The van der Waals surface area contributed by atoms with Crippen LogP contribution in [0.25, 0.3) is 0 Å². The molecule has 1 aliphatic rings. The molecule has 0 radical (unpaired) electrons. The molecule has 0 unspecified atom stereocenters. The number of anilines is 1. The lowest BCUT2D eigenvalue weighted by Crippen LogP contribution is -2.45. The summed E-state index contributed by atoms with van der Waals surface area (Å²) in [6.07, 6.45) is 0. The zero-order chi connectivity index (χ0) is 14.7. The molecule has 1 heterocycles. The Bertz CT molecular complexity index is 586. The minimum atomic E-state index is 1.05. The maximum atomic E-state index is 3.49. The van der Waals surface area contributed by atoms with Gasteiger partial charge in [0, 0.05) is 42.9 Å². The van der Waals surface area contributed by atoms with Crippen LogP contribution in [-0.2, 0) is 6.54 Å². The molecule has 0 aliphatic carbocycles. The highest BCUT2D eigenvalue weighted by Gasteiger charge is 2.17. The summed E-state index contributed by atoms with van der Waals surface area (Å²) < 4.78 is 1.15. The number of rotatable bonds is 3. The van der Waals surface area contributed by atoms with Gasteiger partial charge in [0.15, 0.2) is 0 Å². The lowest BCUT2D eigenvalue weighted by Gasteiger charge is -2.36. The molecule has 3 rings (SSSR count). The number of halogens is 1. The number of nitrogens with zero attached hydrogens (tertiary/aromatic N) is 2. The predicted octanol–water partition coefficient (Wildman–Crippen LogP) is 4.08. The third-order valence-electron chi connectivity index (χ3n) is 4.06. The van der Waals surface area contributed by atoms with Crippen molar-refractivity contribution in [2.45, 2.75) is 13.5 Å². The summed E-state index contributed by atoms with van der Waals surface area (Å²) in [6.45, 7) is 7.69. The van der Waals surface area contributed by atoms with Gasteiger partial charge in [-0.05, 0) is 42.3 Å². The van der Waals surface area contributed by atoms with Gasteiger partial charge < -0.3 is 4.90 Å². The molecular weight excluding hydrogens is 324 g/mol. The van der Waals surface area contributed by atoms with Crippen LogP contribution in [0.5, 0.6) is 0 Å². The molecule has 110 valence electrons. The quantitative estimate of drug-likeness (QED) is 0.827. The van der Waals surface area contributed by atoms with Crippen molar-refractivity contribution in [3.63, 3.8) is 0 Å². The van der Waals surface area contributed by atoms with Crippen molar-refractivity contribution in [2.24, 2.45) is 0 Å². The first-order valence-electron chi connectivity index (χ1n) is 7.49. The Labute approximate surface area is 135 Å². The van der Waals surface area contributed by atoms with E-state index in [1.165, 1.54) is 16.8 Å². The van der Waals surface area contributed by atoms with Gasteiger partial charge in [-0.2, -0.15) is 0 Å². The monoisotopic (exact) mass is 344 g/mol. The van der Waals surface area contributed by atoms with Gasteiger partial charge in [-0.1, -0.05) is 40.2 Å². The van der Waals surface area contributed by atoms with Crippen LogP contribution in [0.3, 0.4) is 0 Å². The molecule has 0 N–H and O–H groups in total. The molecule has 0 atom stereocenters. The van der Waals surface area contributed by atoms with Crippen molar-refractivity contribution in [2.75, 3.05) is 31.1 Å². The van der Waals surface area contributed by atoms with E-state index in [4.69, 9.17) is 0 Å².